The Morgan fingerprint density at radius 3 is 2.21 bits per heavy atom. The summed E-state index contributed by atoms with van der Waals surface area (Å²) in [6, 6.07) is 14.3. The molecule has 1 N–H and O–H groups in total. The minimum atomic E-state index is -0.263. The van der Waals surface area contributed by atoms with Gasteiger partial charge in [0.25, 0.3) is 5.91 Å². The number of hydrogen-bond donors (Lipinski definition) is 1. The summed E-state index contributed by atoms with van der Waals surface area (Å²) >= 11 is 13.4. The third-order valence-electron chi connectivity index (χ3n) is 4.49. The molecule has 0 aliphatic rings. The van der Waals surface area contributed by atoms with E-state index in [1.54, 1.807) is 36.0 Å². The van der Waals surface area contributed by atoms with Gasteiger partial charge >= 0.3 is 0 Å². The van der Waals surface area contributed by atoms with Crippen LogP contribution in [-0.2, 0) is 12.8 Å². The quantitative estimate of drug-likeness (QED) is 0.481. The van der Waals surface area contributed by atoms with Crippen LogP contribution in [0.1, 0.15) is 41.6 Å². The van der Waals surface area contributed by atoms with E-state index < -0.39 is 0 Å². The SMILES string of the molecule is CC(C)C(NC(=O)c1ccc(Cl)cc1)c1nnc(SCc2ccc(Cl)cc2)n1C. The van der Waals surface area contributed by atoms with Crippen molar-refractivity contribution in [1.29, 1.82) is 0 Å². The van der Waals surface area contributed by atoms with Gasteiger partial charge < -0.3 is 9.88 Å². The van der Waals surface area contributed by atoms with Crippen LogP contribution in [0.15, 0.2) is 53.7 Å². The molecular weight excluding hydrogens is 427 g/mol. The molecule has 0 saturated heterocycles. The summed E-state index contributed by atoms with van der Waals surface area (Å²) in [7, 11) is 1.92. The predicted molar refractivity (Wildman–Crippen MR) is 119 cm³/mol. The summed E-state index contributed by atoms with van der Waals surface area (Å²) in [6.45, 7) is 4.09. The number of nitrogens with zero attached hydrogens (tertiary/aromatic N) is 3. The van der Waals surface area contributed by atoms with Crippen molar-refractivity contribution in [3.63, 3.8) is 0 Å². The Hall–Kier alpha value is -2.02. The van der Waals surface area contributed by atoms with Gasteiger partial charge in [-0.15, -0.1) is 10.2 Å². The minimum Gasteiger partial charge on any atom is -0.342 e. The molecule has 5 nitrogen and oxygen atoms in total. The lowest BCUT2D eigenvalue weighted by Crippen LogP contribution is -2.33. The number of amides is 1. The number of carbonyl (C=O) groups excluding carboxylic acids is 1. The lowest BCUT2D eigenvalue weighted by Gasteiger charge is -2.21. The fraction of sp³-hybridized carbons (Fsp3) is 0.286. The van der Waals surface area contributed by atoms with Crippen molar-refractivity contribution in [2.45, 2.75) is 30.8 Å². The molecule has 3 rings (SSSR count). The lowest BCUT2D eigenvalue weighted by atomic mass is 10.0. The molecule has 1 unspecified atom stereocenters. The van der Waals surface area contributed by atoms with Crippen molar-refractivity contribution >= 4 is 40.9 Å². The Kier molecular flexibility index (Phi) is 7.22. The van der Waals surface area contributed by atoms with Crippen molar-refractivity contribution < 1.29 is 4.79 Å². The van der Waals surface area contributed by atoms with Crippen LogP contribution in [0.2, 0.25) is 10.0 Å². The van der Waals surface area contributed by atoms with Crippen LogP contribution in [0.5, 0.6) is 0 Å². The highest BCUT2D eigenvalue weighted by Crippen LogP contribution is 2.26. The van der Waals surface area contributed by atoms with Gasteiger partial charge in [-0.2, -0.15) is 0 Å². The minimum absolute atomic E-state index is 0.142. The number of aromatic nitrogens is 3. The van der Waals surface area contributed by atoms with Gasteiger partial charge in [0, 0.05) is 28.4 Å². The van der Waals surface area contributed by atoms with E-state index in [9.17, 15) is 4.79 Å². The van der Waals surface area contributed by atoms with E-state index in [0.29, 0.717) is 10.6 Å². The van der Waals surface area contributed by atoms with Crippen LogP contribution in [0.25, 0.3) is 0 Å². The van der Waals surface area contributed by atoms with Gasteiger partial charge in [-0.25, -0.2) is 0 Å². The molecule has 2 aromatic carbocycles. The van der Waals surface area contributed by atoms with E-state index in [2.05, 4.69) is 15.5 Å². The third kappa shape index (κ3) is 5.53. The maximum absolute atomic E-state index is 12.7. The largest absolute Gasteiger partial charge is 0.342 e. The summed E-state index contributed by atoms with van der Waals surface area (Å²) in [6.07, 6.45) is 0. The normalized spacial score (nSPS) is 12.2. The molecule has 1 amide bonds. The topological polar surface area (TPSA) is 59.8 Å². The maximum Gasteiger partial charge on any atom is 0.251 e. The molecule has 29 heavy (non-hydrogen) atoms. The molecule has 1 heterocycles. The Morgan fingerprint density at radius 1 is 1.03 bits per heavy atom. The number of thioether (sulfide) groups is 1. The van der Waals surface area contributed by atoms with E-state index >= 15 is 0 Å². The standard InChI is InChI=1S/C21H22Cl2N4OS/c1-13(2)18(24-20(28)15-6-10-17(23)11-7-15)19-25-26-21(27(19)3)29-12-14-4-8-16(22)9-5-14/h4-11,13,18H,12H2,1-3H3,(H,24,28). The molecule has 0 radical (unpaired) electrons. The number of nitrogens with one attached hydrogen (secondary N) is 1. The second-order valence-corrected chi connectivity index (χ2v) is 8.83. The number of rotatable bonds is 7. The van der Waals surface area contributed by atoms with Crippen molar-refractivity contribution in [3.05, 3.63) is 75.5 Å². The molecule has 0 aliphatic carbocycles. The molecule has 0 saturated carbocycles. The average Bonchev–Trinajstić information content (AvgIpc) is 3.06. The van der Waals surface area contributed by atoms with E-state index in [1.807, 2.05) is 49.7 Å². The molecule has 1 aromatic heterocycles. The number of carbonyl (C=O) groups is 1. The Labute approximate surface area is 184 Å². The average molecular weight is 449 g/mol. The molecule has 1 atom stereocenters. The van der Waals surface area contributed by atoms with Crippen molar-refractivity contribution in [2.75, 3.05) is 0 Å². The van der Waals surface area contributed by atoms with Gasteiger partial charge in [-0.1, -0.05) is 60.9 Å². The second-order valence-electron chi connectivity index (χ2n) is 7.02. The molecule has 8 heteroatoms. The van der Waals surface area contributed by atoms with E-state index in [1.165, 1.54) is 0 Å². The Bertz CT molecular complexity index is 971. The van der Waals surface area contributed by atoms with Gasteiger partial charge in [0.1, 0.15) is 0 Å². The van der Waals surface area contributed by atoms with Crippen molar-refractivity contribution in [3.8, 4) is 0 Å². The smallest absolute Gasteiger partial charge is 0.251 e. The summed E-state index contributed by atoms with van der Waals surface area (Å²) in [5, 5.41) is 13.9. The van der Waals surface area contributed by atoms with Gasteiger partial charge in [-0.3, -0.25) is 4.79 Å². The van der Waals surface area contributed by atoms with E-state index in [-0.39, 0.29) is 17.9 Å². The van der Waals surface area contributed by atoms with E-state index in [4.69, 9.17) is 23.2 Å². The zero-order chi connectivity index (χ0) is 21.0. The summed E-state index contributed by atoms with van der Waals surface area (Å²) in [5.74, 6) is 1.45. The molecular formula is C21H22Cl2N4OS. The first-order chi connectivity index (χ1) is 13.8. The number of benzene rings is 2. The fourth-order valence-electron chi connectivity index (χ4n) is 2.81. The zero-order valence-electron chi connectivity index (χ0n) is 16.4. The second kappa shape index (κ2) is 9.65. The van der Waals surface area contributed by atoms with Gasteiger partial charge in [0.05, 0.1) is 6.04 Å². The number of hydrogen-bond acceptors (Lipinski definition) is 4. The molecule has 0 bridgehead atoms. The van der Waals surface area contributed by atoms with Crippen LogP contribution in [0.4, 0.5) is 0 Å². The molecule has 3 aromatic rings. The van der Waals surface area contributed by atoms with Crippen molar-refractivity contribution in [2.24, 2.45) is 13.0 Å². The maximum atomic E-state index is 12.7. The molecule has 0 fully saturated rings. The van der Waals surface area contributed by atoms with Crippen LogP contribution >= 0.6 is 35.0 Å². The summed E-state index contributed by atoms with van der Waals surface area (Å²) in [5.41, 5.74) is 1.71. The van der Waals surface area contributed by atoms with E-state index in [0.717, 1.165) is 27.3 Å². The molecule has 152 valence electrons. The lowest BCUT2D eigenvalue weighted by molar-refractivity contribution is 0.0922. The highest BCUT2D eigenvalue weighted by atomic mass is 35.5. The van der Waals surface area contributed by atoms with Gasteiger partial charge in [0.15, 0.2) is 11.0 Å². The fourth-order valence-corrected chi connectivity index (χ4v) is 3.93. The van der Waals surface area contributed by atoms with Crippen LogP contribution in [0, 0.1) is 5.92 Å². The first kappa shape index (κ1) is 21.7. The Morgan fingerprint density at radius 2 is 1.62 bits per heavy atom. The third-order valence-corrected chi connectivity index (χ3v) is 6.08. The van der Waals surface area contributed by atoms with Crippen LogP contribution in [0.3, 0.4) is 0 Å². The summed E-state index contributed by atoms with van der Waals surface area (Å²) < 4.78 is 1.94. The van der Waals surface area contributed by atoms with Crippen LogP contribution < -0.4 is 5.32 Å². The van der Waals surface area contributed by atoms with Gasteiger partial charge in [-0.05, 0) is 47.9 Å². The summed E-state index contributed by atoms with van der Waals surface area (Å²) in [4.78, 5) is 12.7. The highest BCUT2D eigenvalue weighted by Gasteiger charge is 2.25. The van der Waals surface area contributed by atoms with Crippen LogP contribution in [-0.4, -0.2) is 20.7 Å². The highest BCUT2D eigenvalue weighted by molar-refractivity contribution is 7.98. The first-order valence-electron chi connectivity index (χ1n) is 9.18. The van der Waals surface area contributed by atoms with Crippen molar-refractivity contribution in [1.82, 2.24) is 20.1 Å². The number of halogens is 2. The molecule has 0 spiro atoms. The monoisotopic (exact) mass is 448 g/mol. The van der Waals surface area contributed by atoms with Gasteiger partial charge in [0.2, 0.25) is 0 Å². The molecule has 0 aliphatic heterocycles. The zero-order valence-corrected chi connectivity index (χ0v) is 18.7. The first-order valence-corrected chi connectivity index (χ1v) is 10.9. The predicted octanol–water partition coefficient (Wildman–Crippen LogP) is 5.54. The Balaban J connectivity index is 1.73.